The quantitative estimate of drug-likeness (QED) is 0.894. The zero-order valence-corrected chi connectivity index (χ0v) is 12.2. The summed E-state index contributed by atoms with van der Waals surface area (Å²) in [6, 6.07) is 1.55. The summed E-state index contributed by atoms with van der Waals surface area (Å²) in [5.74, 6) is 0.281. The Bertz CT molecular complexity index is 492. The third-order valence-corrected chi connectivity index (χ3v) is 4.12. The van der Waals surface area contributed by atoms with Crippen molar-refractivity contribution >= 4 is 11.7 Å². The van der Waals surface area contributed by atoms with Gasteiger partial charge in [-0.3, -0.25) is 4.79 Å². The predicted molar refractivity (Wildman–Crippen MR) is 77.2 cm³/mol. The maximum atomic E-state index is 14.1. The van der Waals surface area contributed by atoms with Crippen molar-refractivity contribution < 1.29 is 9.18 Å². The Morgan fingerprint density at radius 1 is 1.40 bits per heavy atom. The summed E-state index contributed by atoms with van der Waals surface area (Å²) in [6.45, 7) is 4.37. The van der Waals surface area contributed by atoms with Gasteiger partial charge in [-0.05, 0) is 37.2 Å². The summed E-state index contributed by atoms with van der Waals surface area (Å²) < 4.78 is 14.1. The molecular formula is C15H22FN3O. The first-order valence-corrected chi connectivity index (χ1v) is 7.16. The summed E-state index contributed by atoms with van der Waals surface area (Å²) in [7, 11) is 1.58. The second-order valence-electron chi connectivity index (χ2n) is 5.75. The molecule has 0 bridgehead atoms. The minimum Gasteiger partial charge on any atom is -0.371 e. The first-order valence-electron chi connectivity index (χ1n) is 7.16. The van der Waals surface area contributed by atoms with Gasteiger partial charge in [-0.15, -0.1) is 0 Å². The molecule has 0 spiro atoms. The molecule has 0 aliphatic heterocycles. The fourth-order valence-electron chi connectivity index (χ4n) is 2.92. The molecule has 0 saturated heterocycles. The Morgan fingerprint density at radius 3 is 2.80 bits per heavy atom. The third kappa shape index (κ3) is 3.08. The van der Waals surface area contributed by atoms with Crippen LogP contribution in [-0.4, -0.2) is 24.0 Å². The lowest BCUT2D eigenvalue weighted by molar-refractivity contribution is 0.0895. The van der Waals surface area contributed by atoms with Crippen molar-refractivity contribution in [1.29, 1.82) is 0 Å². The highest BCUT2D eigenvalue weighted by molar-refractivity contribution is 5.95. The smallest absolute Gasteiger partial charge is 0.254 e. The number of hydrogen-bond donors (Lipinski definition) is 2. The molecule has 3 unspecified atom stereocenters. The topological polar surface area (TPSA) is 54.0 Å². The van der Waals surface area contributed by atoms with Crippen molar-refractivity contribution in [2.24, 2.45) is 11.8 Å². The van der Waals surface area contributed by atoms with E-state index in [0.29, 0.717) is 11.8 Å². The van der Waals surface area contributed by atoms with Gasteiger partial charge in [0, 0.05) is 19.3 Å². The SMILES string of the molecule is CNc1nccc(C(=O)NC2CCC(C)CC2C)c1F. The maximum absolute atomic E-state index is 14.1. The van der Waals surface area contributed by atoms with Crippen LogP contribution in [0.3, 0.4) is 0 Å². The van der Waals surface area contributed by atoms with Crippen LogP contribution in [0.4, 0.5) is 10.2 Å². The number of aromatic nitrogens is 1. The largest absolute Gasteiger partial charge is 0.371 e. The summed E-state index contributed by atoms with van der Waals surface area (Å²) in [5, 5.41) is 5.61. The van der Waals surface area contributed by atoms with Crippen LogP contribution >= 0.6 is 0 Å². The second-order valence-corrected chi connectivity index (χ2v) is 5.75. The van der Waals surface area contributed by atoms with Crippen LogP contribution in [-0.2, 0) is 0 Å². The van der Waals surface area contributed by atoms with Gasteiger partial charge in [0.05, 0.1) is 5.56 Å². The molecule has 1 heterocycles. The van der Waals surface area contributed by atoms with E-state index in [1.54, 1.807) is 7.05 Å². The molecule has 1 aromatic heterocycles. The predicted octanol–water partition coefficient (Wildman–Crippen LogP) is 2.82. The van der Waals surface area contributed by atoms with Crippen molar-refractivity contribution in [3.63, 3.8) is 0 Å². The molecule has 1 aromatic rings. The van der Waals surface area contributed by atoms with Crippen LogP contribution in [0, 0.1) is 17.7 Å². The van der Waals surface area contributed by atoms with Gasteiger partial charge in [-0.2, -0.15) is 0 Å². The van der Waals surface area contributed by atoms with Crippen LogP contribution in [0.5, 0.6) is 0 Å². The highest BCUT2D eigenvalue weighted by Crippen LogP contribution is 2.29. The Labute approximate surface area is 119 Å². The van der Waals surface area contributed by atoms with Crippen LogP contribution in [0.2, 0.25) is 0 Å². The van der Waals surface area contributed by atoms with E-state index in [9.17, 15) is 9.18 Å². The number of amides is 1. The molecule has 5 heteroatoms. The van der Waals surface area contributed by atoms with E-state index in [1.807, 2.05) is 0 Å². The fourth-order valence-corrected chi connectivity index (χ4v) is 2.92. The molecule has 1 fully saturated rings. The van der Waals surface area contributed by atoms with Crippen molar-refractivity contribution in [1.82, 2.24) is 10.3 Å². The number of hydrogen-bond acceptors (Lipinski definition) is 3. The summed E-state index contributed by atoms with van der Waals surface area (Å²) in [4.78, 5) is 16.1. The van der Waals surface area contributed by atoms with E-state index in [1.165, 1.54) is 12.3 Å². The van der Waals surface area contributed by atoms with Gasteiger partial charge < -0.3 is 10.6 Å². The van der Waals surface area contributed by atoms with E-state index < -0.39 is 5.82 Å². The highest BCUT2D eigenvalue weighted by atomic mass is 19.1. The molecule has 1 saturated carbocycles. The molecule has 110 valence electrons. The standard InChI is InChI=1S/C15H22FN3O/c1-9-4-5-12(10(2)8-9)19-15(20)11-6-7-18-14(17-3)13(11)16/h6-7,9-10,12H,4-5,8H2,1-3H3,(H,17,18)(H,19,20). The van der Waals surface area contributed by atoms with Gasteiger partial charge in [0.15, 0.2) is 11.6 Å². The first kappa shape index (κ1) is 14.8. The molecule has 1 aliphatic rings. The van der Waals surface area contributed by atoms with E-state index in [0.717, 1.165) is 19.3 Å². The van der Waals surface area contributed by atoms with E-state index in [2.05, 4.69) is 29.5 Å². The average molecular weight is 279 g/mol. The number of nitrogens with one attached hydrogen (secondary N) is 2. The average Bonchev–Trinajstić information content (AvgIpc) is 2.42. The van der Waals surface area contributed by atoms with Crippen molar-refractivity contribution in [3.05, 3.63) is 23.6 Å². The molecule has 1 amide bonds. The van der Waals surface area contributed by atoms with Crippen LogP contribution < -0.4 is 10.6 Å². The number of pyridine rings is 1. The molecule has 4 nitrogen and oxygen atoms in total. The Kier molecular flexibility index (Phi) is 4.57. The minimum atomic E-state index is -0.593. The molecule has 3 atom stereocenters. The minimum absolute atomic E-state index is 0.0511. The number of halogens is 1. The summed E-state index contributed by atoms with van der Waals surface area (Å²) in [5.41, 5.74) is 0.0511. The van der Waals surface area contributed by atoms with Crippen molar-refractivity contribution in [2.45, 2.75) is 39.2 Å². The maximum Gasteiger partial charge on any atom is 0.254 e. The Hall–Kier alpha value is -1.65. The first-order chi connectivity index (χ1) is 9.52. The second kappa shape index (κ2) is 6.20. The summed E-state index contributed by atoms with van der Waals surface area (Å²) in [6.07, 6.45) is 4.61. The van der Waals surface area contributed by atoms with Gasteiger partial charge in [-0.1, -0.05) is 13.8 Å². The van der Waals surface area contributed by atoms with Crippen LogP contribution in [0.15, 0.2) is 12.3 Å². The zero-order chi connectivity index (χ0) is 14.7. The lowest BCUT2D eigenvalue weighted by atomic mass is 9.80. The lowest BCUT2D eigenvalue weighted by Gasteiger charge is -2.33. The van der Waals surface area contributed by atoms with Crippen LogP contribution in [0.1, 0.15) is 43.5 Å². The monoisotopic (exact) mass is 279 g/mol. The number of nitrogens with zero attached hydrogens (tertiary/aromatic N) is 1. The summed E-state index contributed by atoms with van der Waals surface area (Å²) >= 11 is 0. The molecule has 1 aliphatic carbocycles. The molecule has 0 radical (unpaired) electrons. The number of anilines is 1. The van der Waals surface area contributed by atoms with Gasteiger partial charge in [-0.25, -0.2) is 9.37 Å². The Morgan fingerprint density at radius 2 is 2.15 bits per heavy atom. The molecule has 2 rings (SSSR count). The molecule has 0 aromatic carbocycles. The molecule has 2 N–H and O–H groups in total. The van der Waals surface area contributed by atoms with Gasteiger partial charge in [0.1, 0.15) is 0 Å². The van der Waals surface area contributed by atoms with Crippen LogP contribution in [0.25, 0.3) is 0 Å². The number of rotatable bonds is 3. The third-order valence-electron chi connectivity index (χ3n) is 4.12. The van der Waals surface area contributed by atoms with Gasteiger partial charge in [0.25, 0.3) is 5.91 Å². The van der Waals surface area contributed by atoms with E-state index in [-0.39, 0.29) is 23.3 Å². The van der Waals surface area contributed by atoms with Gasteiger partial charge in [0.2, 0.25) is 0 Å². The number of carbonyl (C=O) groups excluding carboxylic acids is 1. The van der Waals surface area contributed by atoms with Crippen molar-refractivity contribution in [2.75, 3.05) is 12.4 Å². The molecular weight excluding hydrogens is 257 g/mol. The molecule has 20 heavy (non-hydrogen) atoms. The fraction of sp³-hybridized carbons (Fsp3) is 0.600. The van der Waals surface area contributed by atoms with E-state index in [4.69, 9.17) is 0 Å². The van der Waals surface area contributed by atoms with Gasteiger partial charge >= 0.3 is 0 Å². The Balaban J connectivity index is 2.09. The zero-order valence-electron chi connectivity index (χ0n) is 12.2. The van der Waals surface area contributed by atoms with E-state index >= 15 is 0 Å². The lowest BCUT2D eigenvalue weighted by Crippen LogP contribution is -2.42. The number of carbonyl (C=O) groups is 1. The normalized spacial score (nSPS) is 26.1. The van der Waals surface area contributed by atoms with Crippen molar-refractivity contribution in [3.8, 4) is 0 Å². The highest BCUT2D eigenvalue weighted by Gasteiger charge is 2.27.